The van der Waals surface area contributed by atoms with E-state index in [2.05, 4.69) is 15.6 Å². The number of thiazole rings is 1. The molecule has 0 aliphatic rings. The van der Waals surface area contributed by atoms with Crippen LogP contribution in [0.3, 0.4) is 0 Å². The van der Waals surface area contributed by atoms with E-state index in [4.69, 9.17) is 4.74 Å². The van der Waals surface area contributed by atoms with Gasteiger partial charge in [0.1, 0.15) is 5.75 Å². The first-order valence-electron chi connectivity index (χ1n) is 12.7. The minimum atomic E-state index is -1.09. The molecule has 5 aromatic rings. The lowest BCUT2D eigenvalue weighted by Gasteiger charge is -2.11. The highest BCUT2D eigenvalue weighted by atomic mass is 32.2. The van der Waals surface area contributed by atoms with Crippen molar-refractivity contribution >= 4 is 62.5 Å². The minimum absolute atomic E-state index is 0.0726. The molecule has 41 heavy (non-hydrogen) atoms. The zero-order chi connectivity index (χ0) is 28.8. The van der Waals surface area contributed by atoms with E-state index in [0.29, 0.717) is 28.2 Å². The number of aromatic carboxylic acids is 1. The molecular weight excluding hydrogens is 558 g/mol. The fraction of sp³-hybridized carbons (Fsp3) is 0.0968. The van der Waals surface area contributed by atoms with Gasteiger partial charge in [0.15, 0.2) is 5.13 Å². The molecule has 0 radical (unpaired) electrons. The van der Waals surface area contributed by atoms with Crippen molar-refractivity contribution in [2.45, 2.75) is 11.8 Å². The average molecular weight is 584 g/mol. The second-order valence-electron chi connectivity index (χ2n) is 8.83. The number of benzene rings is 4. The van der Waals surface area contributed by atoms with E-state index < -0.39 is 11.9 Å². The van der Waals surface area contributed by atoms with Crippen LogP contribution in [-0.4, -0.2) is 40.2 Å². The largest absolute Gasteiger partial charge is 0.494 e. The van der Waals surface area contributed by atoms with Crippen LogP contribution in [0.4, 0.5) is 10.8 Å². The third-order valence-electron chi connectivity index (χ3n) is 6.07. The minimum Gasteiger partial charge on any atom is -0.494 e. The Bertz CT molecular complexity index is 1710. The van der Waals surface area contributed by atoms with Crippen LogP contribution < -0.4 is 15.4 Å². The maximum Gasteiger partial charge on any atom is 0.336 e. The Hall–Kier alpha value is -4.67. The zero-order valence-corrected chi connectivity index (χ0v) is 23.6. The number of nitrogens with one attached hydrogen (secondary N) is 2. The molecular formula is C31H25N3O5S2. The van der Waals surface area contributed by atoms with Crippen LogP contribution in [0, 0.1) is 0 Å². The number of nitrogens with zero attached hydrogens (tertiary/aromatic N) is 1. The van der Waals surface area contributed by atoms with Gasteiger partial charge in [-0.25, -0.2) is 9.78 Å². The Morgan fingerprint density at radius 2 is 1.61 bits per heavy atom. The van der Waals surface area contributed by atoms with Gasteiger partial charge in [-0.2, -0.15) is 0 Å². The van der Waals surface area contributed by atoms with Crippen molar-refractivity contribution in [1.29, 1.82) is 0 Å². The Morgan fingerprint density at radius 1 is 0.902 bits per heavy atom. The lowest BCUT2D eigenvalue weighted by Crippen LogP contribution is -2.14. The van der Waals surface area contributed by atoms with E-state index in [1.165, 1.54) is 29.2 Å². The van der Waals surface area contributed by atoms with Crippen molar-refractivity contribution in [1.82, 2.24) is 4.98 Å². The Morgan fingerprint density at radius 3 is 2.29 bits per heavy atom. The third kappa shape index (κ3) is 6.74. The summed E-state index contributed by atoms with van der Waals surface area (Å²) in [5.74, 6) is -0.685. The van der Waals surface area contributed by atoms with Crippen LogP contribution in [0.1, 0.15) is 27.6 Å². The number of aromatic nitrogens is 1. The maximum absolute atomic E-state index is 13.0. The summed E-state index contributed by atoms with van der Waals surface area (Å²) in [5, 5.41) is 18.7. The molecule has 3 N–H and O–H groups in total. The third-order valence-corrected chi connectivity index (χ3v) is 7.84. The van der Waals surface area contributed by atoms with E-state index in [9.17, 15) is 19.5 Å². The second kappa shape index (κ2) is 12.7. The number of carbonyl (C=O) groups excluding carboxylic acids is 2. The van der Waals surface area contributed by atoms with Crippen LogP contribution in [0.15, 0.2) is 95.2 Å². The van der Waals surface area contributed by atoms with Crippen LogP contribution in [-0.2, 0) is 4.79 Å². The lowest BCUT2D eigenvalue weighted by atomic mass is 9.98. The number of carboxylic acids is 1. The molecule has 0 saturated heterocycles. The highest BCUT2D eigenvalue weighted by Gasteiger charge is 2.17. The highest BCUT2D eigenvalue weighted by Crippen LogP contribution is 2.28. The normalized spacial score (nSPS) is 10.8. The molecule has 0 spiro atoms. The monoisotopic (exact) mass is 583 g/mol. The summed E-state index contributed by atoms with van der Waals surface area (Å²) >= 11 is 2.72. The summed E-state index contributed by atoms with van der Waals surface area (Å²) in [4.78, 5) is 42.6. The Balaban J connectivity index is 1.16. The molecule has 5 rings (SSSR count). The quantitative estimate of drug-likeness (QED) is 0.151. The zero-order valence-electron chi connectivity index (χ0n) is 21.9. The molecule has 10 heteroatoms. The highest BCUT2D eigenvalue weighted by molar-refractivity contribution is 8.00. The second-order valence-corrected chi connectivity index (χ2v) is 10.7. The fourth-order valence-electron chi connectivity index (χ4n) is 4.20. The molecule has 0 fully saturated rings. The predicted octanol–water partition coefficient (Wildman–Crippen LogP) is 7.04. The summed E-state index contributed by atoms with van der Waals surface area (Å²) in [6, 6.07) is 24.8. The van der Waals surface area contributed by atoms with E-state index >= 15 is 0 Å². The van der Waals surface area contributed by atoms with Crippen LogP contribution in [0.25, 0.3) is 22.0 Å². The Labute approximate surface area is 244 Å². The number of hydrogen-bond acceptors (Lipinski definition) is 7. The van der Waals surface area contributed by atoms with E-state index in [-0.39, 0.29) is 22.8 Å². The van der Waals surface area contributed by atoms with Gasteiger partial charge in [-0.1, -0.05) is 24.3 Å². The van der Waals surface area contributed by atoms with Crippen molar-refractivity contribution in [3.63, 3.8) is 0 Å². The number of ether oxygens (including phenoxy) is 1. The molecule has 0 atom stereocenters. The number of carboxylic acid groups (broad SMARTS) is 1. The van der Waals surface area contributed by atoms with Crippen molar-refractivity contribution in [2.75, 3.05) is 23.0 Å². The molecule has 0 aliphatic carbocycles. The number of rotatable bonds is 10. The molecule has 1 heterocycles. The van der Waals surface area contributed by atoms with Crippen LogP contribution in [0.2, 0.25) is 0 Å². The van der Waals surface area contributed by atoms with Gasteiger partial charge in [0.2, 0.25) is 5.91 Å². The summed E-state index contributed by atoms with van der Waals surface area (Å²) in [7, 11) is 0. The molecule has 0 aliphatic heterocycles. The van der Waals surface area contributed by atoms with Gasteiger partial charge in [0.05, 0.1) is 23.6 Å². The summed E-state index contributed by atoms with van der Waals surface area (Å²) < 4.78 is 5.47. The number of amides is 2. The molecule has 2 amide bonds. The van der Waals surface area contributed by atoms with E-state index in [1.807, 2.05) is 48.7 Å². The summed E-state index contributed by atoms with van der Waals surface area (Å²) in [5.41, 5.74) is 2.63. The number of fused-ring (bicyclic) bond motifs is 1. The molecule has 0 bridgehead atoms. The van der Waals surface area contributed by atoms with Crippen molar-refractivity contribution in [3.05, 3.63) is 101 Å². The standard InChI is InChI=1S/C31H25N3O5S2/c1-2-39-22-13-9-19(10-14-22)26-17-41-31(33-26)34-27(35)18-40-23-15-11-21(12-16-23)32-29(36)24-7-3-5-20-6-4-8-25(28(20)24)30(37)38/h3-17H,2,18H2,1H3,(H,32,36)(H,37,38)(H,33,34,35). The first-order valence-corrected chi connectivity index (χ1v) is 14.6. The van der Waals surface area contributed by atoms with E-state index in [0.717, 1.165) is 21.9 Å². The van der Waals surface area contributed by atoms with Gasteiger partial charge < -0.3 is 20.5 Å². The van der Waals surface area contributed by atoms with Crippen LogP contribution >= 0.6 is 23.1 Å². The first-order chi connectivity index (χ1) is 19.9. The first kappa shape index (κ1) is 27.9. The maximum atomic E-state index is 13.0. The molecule has 0 saturated carbocycles. The van der Waals surface area contributed by atoms with Gasteiger partial charge in [-0.3, -0.25) is 9.59 Å². The lowest BCUT2D eigenvalue weighted by molar-refractivity contribution is -0.113. The SMILES string of the molecule is CCOc1ccc(-c2csc(NC(=O)CSc3ccc(NC(=O)c4cccc5cccc(C(=O)O)c45)cc3)n2)cc1. The fourth-order valence-corrected chi connectivity index (χ4v) is 5.63. The summed E-state index contributed by atoms with van der Waals surface area (Å²) in [6.07, 6.45) is 0. The van der Waals surface area contributed by atoms with Gasteiger partial charge in [-0.05, 0) is 73.0 Å². The smallest absolute Gasteiger partial charge is 0.336 e. The molecule has 1 aromatic heterocycles. The number of anilines is 2. The van der Waals surface area contributed by atoms with Gasteiger partial charge in [0.25, 0.3) is 5.91 Å². The number of carbonyl (C=O) groups is 3. The van der Waals surface area contributed by atoms with Crippen LogP contribution in [0.5, 0.6) is 5.75 Å². The average Bonchev–Trinajstić information content (AvgIpc) is 3.45. The molecule has 0 unspecified atom stereocenters. The van der Waals surface area contributed by atoms with Crippen molar-refractivity contribution in [3.8, 4) is 17.0 Å². The summed E-state index contributed by atoms with van der Waals surface area (Å²) in [6.45, 7) is 2.54. The molecule has 206 valence electrons. The molecule has 4 aromatic carbocycles. The van der Waals surface area contributed by atoms with Gasteiger partial charge in [-0.15, -0.1) is 23.1 Å². The van der Waals surface area contributed by atoms with Crippen molar-refractivity contribution in [2.24, 2.45) is 0 Å². The van der Waals surface area contributed by atoms with Crippen molar-refractivity contribution < 1.29 is 24.2 Å². The van der Waals surface area contributed by atoms with Gasteiger partial charge >= 0.3 is 5.97 Å². The number of hydrogen-bond donors (Lipinski definition) is 3. The predicted molar refractivity (Wildman–Crippen MR) is 163 cm³/mol. The van der Waals surface area contributed by atoms with Gasteiger partial charge in [0, 0.05) is 32.5 Å². The van der Waals surface area contributed by atoms with E-state index in [1.54, 1.807) is 42.5 Å². The Kier molecular flexibility index (Phi) is 8.61. The number of thioether (sulfide) groups is 1. The molecule has 8 nitrogen and oxygen atoms in total. The topological polar surface area (TPSA) is 118 Å².